The van der Waals surface area contributed by atoms with Crippen molar-refractivity contribution in [1.82, 2.24) is 4.98 Å². The summed E-state index contributed by atoms with van der Waals surface area (Å²) in [7, 11) is 0. The number of aryl methyl sites for hydroxylation is 1. The summed E-state index contributed by atoms with van der Waals surface area (Å²) in [5.41, 5.74) is 4.20. The Morgan fingerprint density at radius 2 is 2.08 bits per heavy atom. The van der Waals surface area contributed by atoms with Crippen LogP contribution in [0.15, 0.2) is 54.6 Å². The maximum Gasteiger partial charge on any atom is 0.338 e. The van der Waals surface area contributed by atoms with Crippen molar-refractivity contribution < 1.29 is 9.53 Å². The summed E-state index contributed by atoms with van der Waals surface area (Å²) >= 11 is 0. The number of carbonyl (C=O) groups is 1. The van der Waals surface area contributed by atoms with E-state index in [2.05, 4.69) is 29.6 Å². The number of hydrogen-bond acceptors (Lipinski definition) is 4. The van der Waals surface area contributed by atoms with Crippen LogP contribution in [-0.2, 0) is 11.2 Å². The number of nitrogens with one attached hydrogen (secondary N) is 1. The van der Waals surface area contributed by atoms with Gasteiger partial charge in [-0.05, 0) is 61.2 Å². The number of aromatic nitrogens is 1. The van der Waals surface area contributed by atoms with Crippen LogP contribution in [0.2, 0.25) is 0 Å². The third-order valence-corrected chi connectivity index (χ3v) is 4.66. The highest BCUT2D eigenvalue weighted by Crippen LogP contribution is 2.33. The summed E-state index contributed by atoms with van der Waals surface area (Å²) in [5, 5.41) is 4.48. The fourth-order valence-corrected chi connectivity index (χ4v) is 3.43. The molecule has 1 atom stereocenters. The predicted octanol–water partition coefficient (Wildman–Crippen LogP) is 4.51. The summed E-state index contributed by atoms with van der Waals surface area (Å²) in [6, 6.07) is 18.3. The second kappa shape index (κ2) is 6.55. The Balaban J connectivity index is 1.58. The second-order valence-corrected chi connectivity index (χ2v) is 6.26. The number of pyridine rings is 1. The van der Waals surface area contributed by atoms with Crippen molar-refractivity contribution in [2.24, 2.45) is 0 Å². The van der Waals surface area contributed by atoms with Crippen LogP contribution in [0.4, 0.5) is 5.82 Å². The molecule has 1 aliphatic rings. The Bertz CT molecular complexity index is 936. The topological polar surface area (TPSA) is 51.2 Å². The largest absolute Gasteiger partial charge is 0.462 e. The van der Waals surface area contributed by atoms with Gasteiger partial charge in [0.15, 0.2) is 0 Å². The molecule has 4 nitrogen and oxygen atoms in total. The van der Waals surface area contributed by atoms with Crippen LogP contribution in [0.1, 0.15) is 40.9 Å². The van der Waals surface area contributed by atoms with Crippen molar-refractivity contribution in [3.05, 3.63) is 71.3 Å². The van der Waals surface area contributed by atoms with E-state index in [9.17, 15) is 4.79 Å². The fraction of sp³-hybridized carbons (Fsp3) is 0.238. The molecule has 0 radical (unpaired) electrons. The molecule has 0 fully saturated rings. The van der Waals surface area contributed by atoms with Gasteiger partial charge in [0.25, 0.3) is 0 Å². The molecule has 0 amide bonds. The highest BCUT2D eigenvalue weighted by Gasteiger charge is 2.21. The van der Waals surface area contributed by atoms with Gasteiger partial charge in [0.2, 0.25) is 0 Å². The summed E-state index contributed by atoms with van der Waals surface area (Å²) in [6.07, 6.45) is 2.19. The van der Waals surface area contributed by atoms with Crippen LogP contribution in [0.5, 0.6) is 0 Å². The molecule has 0 spiro atoms. The van der Waals surface area contributed by atoms with Crippen LogP contribution < -0.4 is 5.32 Å². The minimum atomic E-state index is -0.297. The molecule has 1 heterocycles. The minimum Gasteiger partial charge on any atom is -0.462 e. The van der Waals surface area contributed by atoms with E-state index < -0.39 is 0 Å². The lowest BCUT2D eigenvalue weighted by Gasteiger charge is -2.15. The smallest absolute Gasteiger partial charge is 0.338 e. The standard InChI is InChI=1S/C21H20N2O2/c1-2-25-21(24)16-8-10-18-15(13-16)9-12-20(22-18)23-19-11-7-14-5-3-4-6-17(14)19/h3-6,8-10,12-13,19H,2,7,11H2,1H3,(H,22,23)/t19-/m1/s1. The van der Waals surface area contributed by atoms with Crippen LogP contribution in [0.25, 0.3) is 10.9 Å². The zero-order valence-electron chi connectivity index (χ0n) is 14.2. The van der Waals surface area contributed by atoms with Gasteiger partial charge < -0.3 is 10.1 Å². The normalized spacial score (nSPS) is 15.8. The maximum absolute atomic E-state index is 11.8. The van der Waals surface area contributed by atoms with Gasteiger partial charge in [-0.3, -0.25) is 0 Å². The quantitative estimate of drug-likeness (QED) is 0.714. The molecular formula is C21H20N2O2. The van der Waals surface area contributed by atoms with Gasteiger partial charge in [-0.15, -0.1) is 0 Å². The van der Waals surface area contributed by atoms with Crippen LogP contribution in [-0.4, -0.2) is 17.6 Å². The van der Waals surface area contributed by atoms with E-state index in [0.717, 1.165) is 29.6 Å². The number of nitrogens with zero attached hydrogens (tertiary/aromatic N) is 1. The van der Waals surface area contributed by atoms with E-state index in [-0.39, 0.29) is 5.97 Å². The van der Waals surface area contributed by atoms with E-state index in [1.165, 1.54) is 11.1 Å². The molecule has 1 aliphatic carbocycles. The molecular weight excluding hydrogens is 312 g/mol. The van der Waals surface area contributed by atoms with Crippen molar-refractivity contribution in [1.29, 1.82) is 0 Å². The first-order valence-corrected chi connectivity index (χ1v) is 8.67. The summed E-state index contributed by atoms with van der Waals surface area (Å²) in [4.78, 5) is 16.5. The number of anilines is 1. The molecule has 126 valence electrons. The van der Waals surface area contributed by atoms with E-state index in [0.29, 0.717) is 18.2 Å². The molecule has 3 aromatic rings. The van der Waals surface area contributed by atoms with Gasteiger partial charge in [0, 0.05) is 5.39 Å². The molecule has 0 aliphatic heterocycles. The monoisotopic (exact) mass is 332 g/mol. The molecule has 0 bridgehead atoms. The van der Waals surface area contributed by atoms with E-state index >= 15 is 0 Å². The second-order valence-electron chi connectivity index (χ2n) is 6.26. The van der Waals surface area contributed by atoms with E-state index in [4.69, 9.17) is 9.72 Å². The zero-order chi connectivity index (χ0) is 17.2. The number of carbonyl (C=O) groups excluding carboxylic acids is 1. The lowest BCUT2D eigenvalue weighted by atomic mass is 10.1. The van der Waals surface area contributed by atoms with Gasteiger partial charge in [0.05, 0.1) is 23.7 Å². The Labute approximate surface area is 146 Å². The lowest BCUT2D eigenvalue weighted by molar-refractivity contribution is 0.0526. The number of hydrogen-bond donors (Lipinski definition) is 1. The first-order chi connectivity index (χ1) is 12.2. The van der Waals surface area contributed by atoms with Crippen molar-refractivity contribution >= 4 is 22.7 Å². The van der Waals surface area contributed by atoms with Crippen LogP contribution >= 0.6 is 0 Å². The highest BCUT2D eigenvalue weighted by atomic mass is 16.5. The lowest BCUT2D eigenvalue weighted by Crippen LogP contribution is -2.08. The molecule has 0 saturated heterocycles. The fourth-order valence-electron chi connectivity index (χ4n) is 3.43. The Morgan fingerprint density at radius 3 is 2.96 bits per heavy atom. The third kappa shape index (κ3) is 3.07. The Hall–Kier alpha value is -2.88. The Morgan fingerprint density at radius 1 is 1.20 bits per heavy atom. The number of esters is 1. The molecule has 25 heavy (non-hydrogen) atoms. The number of benzene rings is 2. The average molecular weight is 332 g/mol. The molecule has 1 N–H and O–H groups in total. The van der Waals surface area contributed by atoms with Gasteiger partial charge in [-0.1, -0.05) is 24.3 Å². The molecule has 4 rings (SSSR count). The summed E-state index contributed by atoms with van der Waals surface area (Å²) in [6.45, 7) is 2.18. The first kappa shape index (κ1) is 15.6. The molecule has 0 unspecified atom stereocenters. The number of rotatable bonds is 4. The summed E-state index contributed by atoms with van der Waals surface area (Å²) in [5.74, 6) is 0.562. The van der Waals surface area contributed by atoms with Crippen molar-refractivity contribution in [2.75, 3.05) is 11.9 Å². The zero-order valence-corrected chi connectivity index (χ0v) is 14.2. The average Bonchev–Trinajstić information content (AvgIpc) is 3.04. The number of fused-ring (bicyclic) bond motifs is 2. The van der Waals surface area contributed by atoms with Crippen molar-refractivity contribution in [3.63, 3.8) is 0 Å². The van der Waals surface area contributed by atoms with E-state index in [1.54, 1.807) is 13.0 Å². The molecule has 4 heteroatoms. The van der Waals surface area contributed by atoms with Gasteiger partial charge in [-0.25, -0.2) is 9.78 Å². The SMILES string of the molecule is CCOC(=O)c1ccc2nc(N[C@@H]3CCc4ccccc43)ccc2c1. The van der Waals surface area contributed by atoms with E-state index in [1.807, 2.05) is 24.3 Å². The number of ether oxygens (including phenoxy) is 1. The molecule has 0 saturated carbocycles. The first-order valence-electron chi connectivity index (χ1n) is 8.67. The Kier molecular flexibility index (Phi) is 4.10. The van der Waals surface area contributed by atoms with Gasteiger partial charge in [-0.2, -0.15) is 0 Å². The van der Waals surface area contributed by atoms with Crippen LogP contribution in [0, 0.1) is 0 Å². The maximum atomic E-state index is 11.8. The summed E-state index contributed by atoms with van der Waals surface area (Å²) < 4.78 is 5.05. The van der Waals surface area contributed by atoms with Gasteiger partial charge >= 0.3 is 5.97 Å². The molecule has 1 aromatic heterocycles. The van der Waals surface area contributed by atoms with Gasteiger partial charge in [0.1, 0.15) is 5.82 Å². The van der Waals surface area contributed by atoms with Crippen molar-refractivity contribution in [3.8, 4) is 0 Å². The van der Waals surface area contributed by atoms with Crippen molar-refractivity contribution in [2.45, 2.75) is 25.8 Å². The third-order valence-electron chi connectivity index (χ3n) is 4.66. The predicted molar refractivity (Wildman–Crippen MR) is 98.8 cm³/mol. The highest BCUT2D eigenvalue weighted by molar-refractivity contribution is 5.94. The van der Waals surface area contributed by atoms with Crippen LogP contribution in [0.3, 0.4) is 0 Å². The molecule has 2 aromatic carbocycles. The minimum absolute atomic E-state index is 0.297.